The van der Waals surface area contributed by atoms with Crippen LogP contribution in [0.4, 0.5) is 11.5 Å². The van der Waals surface area contributed by atoms with Crippen LogP contribution in [0.15, 0.2) is 28.7 Å². The van der Waals surface area contributed by atoms with Crippen molar-refractivity contribution in [2.45, 2.75) is 20.5 Å². The Hall–Kier alpha value is -1.17. The van der Waals surface area contributed by atoms with Crippen LogP contribution in [0.2, 0.25) is 5.15 Å². The molecule has 1 heterocycles. The number of rotatable bonds is 5. The summed E-state index contributed by atoms with van der Waals surface area (Å²) < 4.78 is 6.30. The summed E-state index contributed by atoms with van der Waals surface area (Å²) in [7, 11) is 0. The fraction of sp³-hybridized carbons (Fsp3) is 0.286. The number of aryl methyl sites for hydroxylation is 1. The van der Waals surface area contributed by atoms with Crippen LogP contribution in [0.5, 0.6) is 0 Å². The summed E-state index contributed by atoms with van der Waals surface area (Å²) in [5.41, 5.74) is 2.09. The number of aromatic nitrogens is 2. The Morgan fingerprint density at radius 3 is 2.85 bits per heavy atom. The fourth-order valence-electron chi connectivity index (χ4n) is 1.65. The highest BCUT2D eigenvalue weighted by Gasteiger charge is 2.06. The Balaban J connectivity index is 2.24. The van der Waals surface area contributed by atoms with Gasteiger partial charge in [-0.2, -0.15) is 0 Å². The number of hydrogen-bond donors (Lipinski definition) is 1. The molecule has 6 heteroatoms. The number of halogens is 2. The third kappa shape index (κ3) is 4.16. The fourth-order valence-corrected chi connectivity index (χ4v) is 2.22. The zero-order chi connectivity index (χ0) is 14.5. The lowest BCUT2D eigenvalue weighted by atomic mass is 10.2. The van der Waals surface area contributed by atoms with Crippen molar-refractivity contribution in [3.63, 3.8) is 0 Å². The van der Waals surface area contributed by atoms with Crippen molar-refractivity contribution in [1.82, 2.24) is 9.97 Å². The molecule has 20 heavy (non-hydrogen) atoms. The van der Waals surface area contributed by atoms with E-state index in [9.17, 15) is 0 Å². The molecule has 4 nitrogen and oxygen atoms in total. The van der Waals surface area contributed by atoms with Gasteiger partial charge in [0.15, 0.2) is 5.82 Å². The van der Waals surface area contributed by atoms with E-state index >= 15 is 0 Å². The molecule has 0 saturated heterocycles. The molecule has 0 spiro atoms. The van der Waals surface area contributed by atoms with E-state index in [0.717, 1.165) is 15.7 Å². The van der Waals surface area contributed by atoms with Crippen LogP contribution in [0.25, 0.3) is 0 Å². The number of nitrogens with one attached hydrogen (secondary N) is 1. The maximum absolute atomic E-state index is 6.01. The molecule has 0 unspecified atom stereocenters. The molecule has 0 aliphatic rings. The number of ether oxygens (including phenoxy) is 1. The van der Waals surface area contributed by atoms with E-state index in [-0.39, 0.29) is 0 Å². The number of benzene rings is 1. The molecular weight excluding hydrogens is 342 g/mol. The third-order valence-corrected chi connectivity index (χ3v) is 3.33. The van der Waals surface area contributed by atoms with Crippen LogP contribution >= 0.6 is 27.5 Å². The molecule has 1 aromatic carbocycles. The third-order valence-electron chi connectivity index (χ3n) is 2.64. The van der Waals surface area contributed by atoms with E-state index in [1.54, 1.807) is 6.07 Å². The minimum absolute atomic E-state index is 0.350. The summed E-state index contributed by atoms with van der Waals surface area (Å²) in [6, 6.07) is 7.70. The molecule has 0 amide bonds. The van der Waals surface area contributed by atoms with E-state index in [1.165, 1.54) is 0 Å². The molecule has 0 radical (unpaired) electrons. The van der Waals surface area contributed by atoms with Gasteiger partial charge in [-0.1, -0.05) is 33.6 Å². The monoisotopic (exact) mass is 355 g/mol. The molecule has 2 aromatic rings. The molecule has 0 fully saturated rings. The molecular formula is C14H15BrClN3O. The molecule has 0 atom stereocenters. The van der Waals surface area contributed by atoms with E-state index in [0.29, 0.717) is 30.0 Å². The topological polar surface area (TPSA) is 47.0 Å². The first kappa shape index (κ1) is 15.2. The summed E-state index contributed by atoms with van der Waals surface area (Å²) in [4.78, 5) is 8.52. The standard InChI is InChI=1S/C14H15BrClN3O/c1-3-20-8-14-18-12(16)7-13(19-14)17-11-6-10(15)5-4-9(11)2/h4-7H,3,8H2,1-2H3,(H,17,18,19). The molecule has 2 rings (SSSR count). The second-order valence-electron chi connectivity index (χ2n) is 4.21. The van der Waals surface area contributed by atoms with E-state index < -0.39 is 0 Å². The molecule has 106 valence electrons. The molecule has 0 bridgehead atoms. The van der Waals surface area contributed by atoms with Gasteiger partial charge in [0.2, 0.25) is 0 Å². The second kappa shape index (κ2) is 7.02. The highest BCUT2D eigenvalue weighted by molar-refractivity contribution is 9.10. The van der Waals surface area contributed by atoms with Crippen LogP contribution in [-0.4, -0.2) is 16.6 Å². The van der Waals surface area contributed by atoms with Gasteiger partial charge in [0, 0.05) is 22.8 Å². The maximum atomic E-state index is 6.01. The van der Waals surface area contributed by atoms with Crippen molar-refractivity contribution in [1.29, 1.82) is 0 Å². The SMILES string of the molecule is CCOCc1nc(Cl)cc(Nc2cc(Br)ccc2C)n1. The molecule has 1 N–H and O–H groups in total. The normalized spacial score (nSPS) is 10.6. The van der Waals surface area contributed by atoms with Crippen LogP contribution in [0, 0.1) is 6.92 Å². The van der Waals surface area contributed by atoms with E-state index in [1.807, 2.05) is 32.0 Å². The number of anilines is 2. The van der Waals surface area contributed by atoms with Gasteiger partial charge in [-0.3, -0.25) is 0 Å². The first-order valence-corrected chi connectivity index (χ1v) is 7.40. The zero-order valence-corrected chi connectivity index (χ0v) is 13.6. The van der Waals surface area contributed by atoms with E-state index in [2.05, 4.69) is 31.2 Å². The van der Waals surface area contributed by atoms with Gasteiger partial charge in [0.25, 0.3) is 0 Å². The summed E-state index contributed by atoms with van der Waals surface area (Å²) >= 11 is 9.46. The summed E-state index contributed by atoms with van der Waals surface area (Å²) in [5, 5.41) is 3.64. The molecule has 1 aromatic heterocycles. The van der Waals surface area contributed by atoms with Crippen molar-refractivity contribution in [3.05, 3.63) is 45.3 Å². The van der Waals surface area contributed by atoms with Crippen LogP contribution in [-0.2, 0) is 11.3 Å². The van der Waals surface area contributed by atoms with Crippen molar-refractivity contribution in [3.8, 4) is 0 Å². The summed E-state index contributed by atoms with van der Waals surface area (Å²) in [5.74, 6) is 1.22. The van der Waals surface area contributed by atoms with Crippen molar-refractivity contribution < 1.29 is 4.74 Å². The van der Waals surface area contributed by atoms with Crippen molar-refractivity contribution in [2.24, 2.45) is 0 Å². The van der Waals surface area contributed by atoms with Gasteiger partial charge in [0.05, 0.1) is 0 Å². The Bertz CT molecular complexity index is 607. The van der Waals surface area contributed by atoms with Gasteiger partial charge in [-0.15, -0.1) is 0 Å². The predicted molar refractivity (Wildman–Crippen MR) is 84.5 cm³/mol. The minimum atomic E-state index is 0.350. The smallest absolute Gasteiger partial charge is 0.158 e. The summed E-state index contributed by atoms with van der Waals surface area (Å²) in [6.07, 6.45) is 0. The average molecular weight is 357 g/mol. The molecule has 0 aliphatic heterocycles. The highest BCUT2D eigenvalue weighted by Crippen LogP contribution is 2.24. The van der Waals surface area contributed by atoms with Crippen LogP contribution < -0.4 is 5.32 Å². The maximum Gasteiger partial charge on any atom is 0.158 e. The van der Waals surface area contributed by atoms with Gasteiger partial charge >= 0.3 is 0 Å². The zero-order valence-electron chi connectivity index (χ0n) is 11.3. The first-order chi connectivity index (χ1) is 9.58. The second-order valence-corrected chi connectivity index (χ2v) is 5.52. The van der Waals surface area contributed by atoms with Crippen LogP contribution in [0.1, 0.15) is 18.3 Å². The quantitative estimate of drug-likeness (QED) is 0.802. The lowest BCUT2D eigenvalue weighted by Crippen LogP contribution is -2.03. The number of hydrogen-bond acceptors (Lipinski definition) is 4. The van der Waals surface area contributed by atoms with Gasteiger partial charge in [0.1, 0.15) is 17.6 Å². The van der Waals surface area contributed by atoms with E-state index in [4.69, 9.17) is 16.3 Å². The summed E-state index contributed by atoms with van der Waals surface area (Å²) in [6.45, 7) is 4.92. The minimum Gasteiger partial charge on any atom is -0.374 e. The lowest BCUT2D eigenvalue weighted by molar-refractivity contribution is 0.128. The average Bonchev–Trinajstić information content (AvgIpc) is 2.40. The molecule has 0 saturated carbocycles. The van der Waals surface area contributed by atoms with Crippen molar-refractivity contribution in [2.75, 3.05) is 11.9 Å². The Morgan fingerprint density at radius 1 is 1.30 bits per heavy atom. The highest BCUT2D eigenvalue weighted by atomic mass is 79.9. The Morgan fingerprint density at radius 2 is 2.10 bits per heavy atom. The Labute approximate surface area is 131 Å². The van der Waals surface area contributed by atoms with Crippen LogP contribution in [0.3, 0.4) is 0 Å². The van der Waals surface area contributed by atoms with Gasteiger partial charge in [-0.25, -0.2) is 9.97 Å². The van der Waals surface area contributed by atoms with Crippen molar-refractivity contribution >= 4 is 39.0 Å². The first-order valence-electron chi connectivity index (χ1n) is 6.23. The Kier molecular flexibility index (Phi) is 5.34. The van der Waals surface area contributed by atoms with Gasteiger partial charge in [-0.05, 0) is 31.5 Å². The lowest BCUT2D eigenvalue weighted by Gasteiger charge is -2.10. The predicted octanol–water partition coefficient (Wildman–Crippen LogP) is 4.48. The number of nitrogens with zero attached hydrogens (tertiary/aromatic N) is 2. The largest absolute Gasteiger partial charge is 0.374 e. The molecule has 0 aliphatic carbocycles. The van der Waals surface area contributed by atoms with Gasteiger partial charge < -0.3 is 10.1 Å².